The Morgan fingerprint density at radius 3 is 2.95 bits per heavy atom. The number of aliphatic hydroxyl groups excluding tert-OH is 1. The Bertz CT molecular complexity index is 448. The van der Waals surface area contributed by atoms with Gasteiger partial charge in [0.1, 0.15) is 0 Å². The van der Waals surface area contributed by atoms with E-state index in [-0.39, 0.29) is 18.6 Å². The summed E-state index contributed by atoms with van der Waals surface area (Å²) in [4.78, 5) is 14.2. The average molecular weight is 276 g/mol. The molecular formula is C16H24N2O2. The molecule has 1 aromatic carbocycles. The Hall–Kier alpha value is -1.55. The normalized spacial score (nSPS) is 19.6. The molecule has 1 saturated heterocycles. The van der Waals surface area contributed by atoms with E-state index in [1.807, 2.05) is 29.2 Å². The van der Waals surface area contributed by atoms with E-state index in [2.05, 4.69) is 0 Å². The van der Waals surface area contributed by atoms with Gasteiger partial charge in [0, 0.05) is 18.7 Å². The van der Waals surface area contributed by atoms with Crippen LogP contribution in [0.4, 0.5) is 5.69 Å². The molecule has 1 atom stereocenters. The van der Waals surface area contributed by atoms with Crippen LogP contribution in [0.3, 0.4) is 0 Å². The third-order valence-electron chi connectivity index (χ3n) is 3.99. The van der Waals surface area contributed by atoms with Crippen LogP contribution in [-0.4, -0.2) is 35.1 Å². The zero-order valence-corrected chi connectivity index (χ0v) is 11.9. The van der Waals surface area contributed by atoms with Crippen molar-refractivity contribution >= 4 is 11.6 Å². The lowest BCUT2D eigenvalue weighted by Gasteiger charge is -2.28. The minimum absolute atomic E-state index is 0.00541. The van der Waals surface area contributed by atoms with E-state index < -0.39 is 0 Å². The molecule has 1 fully saturated rings. The topological polar surface area (TPSA) is 66.6 Å². The predicted molar refractivity (Wildman–Crippen MR) is 80.2 cm³/mol. The molecule has 4 heteroatoms. The third kappa shape index (κ3) is 3.97. The number of carbonyl (C=O) groups is 1. The van der Waals surface area contributed by atoms with Crippen LogP contribution in [0.2, 0.25) is 0 Å². The molecule has 3 N–H and O–H groups in total. The molecular weight excluding hydrogens is 252 g/mol. The fraction of sp³-hybridized carbons (Fsp3) is 0.562. The van der Waals surface area contributed by atoms with Crippen LogP contribution in [0.15, 0.2) is 24.3 Å². The fourth-order valence-corrected chi connectivity index (χ4v) is 2.84. The van der Waals surface area contributed by atoms with E-state index in [4.69, 9.17) is 5.73 Å². The number of rotatable bonds is 4. The Kier molecular flexibility index (Phi) is 5.41. The van der Waals surface area contributed by atoms with Gasteiger partial charge in [-0.25, -0.2) is 0 Å². The SMILES string of the molecule is Nc1cccc(CCC(=O)N2CCCCCC2CO)c1. The molecule has 0 aliphatic carbocycles. The fourth-order valence-electron chi connectivity index (χ4n) is 2.84. The summed E-state index contributed by atoms with van der Waals surface area (Å²) in [6, 6.07) is 7.68. The van der Waals surface area contributed by atoms with E-state index in [1.165, 1.54) is 0 Å². The molecule has 1 unspecified atom stereocenters. The van der Waals surface area contributed by atoms with Crippen molar-refractivity contribution in [3.05, 3.63) is 29.8 Å². The number of hydrogen-bond donors (Lipinski definition) is 2. The first-order valence-corrected chi connectivity index (χ1v) is 7.45. The van der Waals surface area contributed by atoms with Crippen LogP contribution < -0.4 is 5.73 Å². The lowest BCUT2D eigenvalue weighted by atomic mass is 10.1. The molecule has 110 valence electrons. The molecule has 1 aliphatic heterocycles. The molecule has 1 aliphatic rings. The maximum Gasteiger partial charge on any atom is 0.223 e. The van der Waals surface area contributed by atoms with Gasteiger partial charge in [0.25, 0.3) is 0 Å². The Labute approximate surface area is 120 Å². The first-order valence-electron chi connectivity index (χ1n) is 7.45. The smallest absolute Gasteiger partial charge is 0.223 e. The van der Waals surface area contributed by atoms with Gasteiger partial charge in [-0.2, -0.15) is 0 Å². The summed E-state index contributed by atoms with van der Waals surface area (Å²) in [5, 5.41) is 9.45. The number of nitrogens with two attached hydrogens (primary N) is 1. The van der Waals surface area contributed by atoms with Crippen molar-refractivity contribution < 1.29 is 9.90 Å². The summed E-state index contributed by atoms with van der Waals surface area (Å²) in [7, 11) is 0. The maximum absolute atomic E-state index is 12.4. The summed E-state index contributed by atoms with van der Waals surface area (Å²) < 4.78 is 0. The van der Waals surface area contributed by atoms with Crippen molar-refractivity contribution in [2.24, 2.45) is 0 Å². The van der Waals surface area contributed by atoms with Gasteiger partial charge >= 0.3 is 0 Å². The number of amides is 1. The summed E-state index contributed by atoms with van der Waals surface area (Å²) in [6.07, 6.45) is 5.40. The molecule has 0 spiro atoms. The van der Waals surface area contributed by atoms with Gasteiger partial charge in [-0.15, -0.1) is 0 Å². The summed E-state index contributed by atoms with van der Waals surface area (Å²) in [6.45, 7) is 0.852. The number of nitrogen functional groups attached to an aromatic ring is 1. The summed E-state index contributed by atoms with van der Waals surface area (Å²) >= 11 is 0. The number of anilines is 1. The number of benzene rings is 1. The highest BCUT2D eigenvalue weighted by Gasteiger charge is 2.24. The van der Waals surface area contributed by atoms with Gasteiger partial charge in [-0.3, -0.25) is 4.79 Å². The first-order chi connectivity index (χ1) is 9.70. The van der Waals surface area contributed by atoms with Crippen LogP contribution in [0.5, 0.6) is 0 Å². The molecule has 4 nitrogen and oxygen atoms in total. The first kappa shape index (κ1) is 14.9. The van der Waals surface area contributed by atoms with Gasteiger partial charge in [0.15, 0.2) is 0 Å². The second-order valence-corrected chi connectivity index (χ2v) is 5.52. The van der Waals surface area contributed by atoms with Crippen molar-refractivity contribution in [1.82, 2.24) is 4.90 Å². The molecule has 2 rings (SSSR count). The van der Waals surface area contributed by atoms with E-state index in [9.17, 15) is 9.90 Å². The van der Waals surface area contributed by atoms with Gasteiger partial charge in [-0.1, -0.05) is 25.0 Å². The molecule has 0 radical (unpaired) electrons. The Morgan fingerprint density at radius 1 is 1.35 bits per heavy atom. The minimum Gasteiger partial charge on any atom is -0.399 e. The quantitative estimate of drug-likeness (QED) is 0.826. The second-order valence-electron chi connectivity index (χ2n) is 5.52. The zero-order chi connectivity index (χ0) is 14.4. The molecule has 20 heavy (non-hydrogen) atoms. The standard InChI is InChI=1S/C16H24N2O2/c17-14-6-4-5-13(11-14)8-9-16(20)18-10-3-1-2-7-15(18)12-19/h4-6,11,15,19H,1-3,7-10,12,17H2. The molecule has 1 heterocycles. The van der Waals surface area contributed by atoms with Gasteiger partial charge in [0.2, 0.25) is 5.91 Å². The van der Waals surface area contributed by atoms with Crippen LogP contribution in [0.1, 0.15) is 37.7 Å². The van der Waals surface area contributed by atoms with Crippen LogP contribution in [0.25, 0.3) is 0 Å². The molecule has 0 saturated carbocycles. The van der Waals surface area contributed by atoms with E-state index in [0.29, 0.717) is 12.8 Å². The van der Waals surface area contributed by atoms with Crippen molar-refractivity contribution in [3.63, 3.8) is 0 Å². The summed E-state index contributed by atoms with van der Waals surface area (Å²) in [5.41, 5.74) is 7.57. The lowest BCUT2D eigenvalue weighted by molar-refractivity contribution is -0.134. The highest BCUT2D eigenvalue weighted by Crippen LogP contribution is 2.18. The highest BCUT2D eigenvalue weighted by molar-refractivity contribution is 5.77. The van der Waals surface area contributed by atoms with Gasteiger partial charge in [0.05, 0.1) is 12.6 Å². The van der Waals surface area contributed by atoms with Gasteiger partial charge < -0.3 is 15.7 Å². The van der Waals surface area contributed by atoms with Gasteiger partial charge in [-0.05, 0) is 37.0 Å². The van der Waals surface area contributed by atoms with Crippen LogP contribution in [-0.2, 0) is 11.2 Å². The highest BCUT2D eigenvalue weighted by atomic mass is 16.3. The third-order valence-corrected chi connectivity index (χ3v) is 3.99. The zero-order valence-electron chi connectivity index (χ0n) is 11.9. The molecule has 1 amide bonds. The molecule has 0 aromatic heterocycles. The number of likely N-dealkylation sites (tertiary alicyclic amines) is 1. The number of carbonyl (C=O) groups excluding carboxylic acids is 1. The van der Waals surface area contributed by atoms with E-state index in [0.717, 1.165) is 43.5 Å². The lowest BCUT2D eigenvalue weighted by Crippen LogP contribution is -2.42. The molecule has 0 bridgehead atoms. The van der Waals surface area contributed by atoms with E-state index >= 15 is 0 Å². The largest absolute Gasteiger partial charge is 0.399 e. The Balaban J connectivity index is 1.92. The van der Waals surface area contributed by atoms with Crippen molar-refractivity contribution in [2.45, 2.75) is 44.6 Å². The van der Waals surface area contributed by atoms with Crippen LogP contribution >= 0.6 is 0 Å². The van der Waals surface area contributed by atoms with Crippen molar-refractivity contribution in [1.29, 1.82) is 0 Å². The minimum atomic E-state index is 0.00541. The number of nitrogens with zero attached hydrogens (tertiary/aromatic N) is 1. The van der Waals surface area contributed by atoms with Crippen molar-refractivity contribution in [3.8, 4) is 0 Å². The van der Waals surface area contributed by atoms with Crippen LogP contribution in [0, 0.1) is 0 Å². The predicted octanol–water partition coefficient (Wildman–Crippen LogP) is 1.96. The monoisotopic (exact) mass is 276 g/mol. The maximum atomic E-state index is 12.4. The summed E-state index contributed by atoms with van der Waals surface area (Å²) in [5.74, 6) is 0.147. The average Bonchev–Trinajstić information content (AvgIpc) is 2.70. The number of aryl methyl sites for hydroxylation is 1. The Morgan fingerprint density at radius 2 is 2.20 bits per heavy atom. The van der Waals surface area contributed by atoms with E-state index in [1.54, 1.807) is 0 Å². The second kappa shape index (κ2) is 7.29. The number of hydrogen-bond acceptors (Lipinski definition) is 3. The van der Waals surface area contributed by atoms with Crippen molar-refractivity contribution in [2.75, 3.05) is 18.9 Å². The number of aliphatic hydroxyl groups is 1. The molecule has 1 aromatic rings.